The summed E-state index contributed by atoms with van der Waals surface area (Å²) < 4.78 is 40.0. The molecule has 4 atom stereocenters. The van der Waals surface area contributed by atoms with Gasteiger partial charge in [-0.25, -0.2) is 34.1 Å². The van der Waals surface area contributed by atoms with Crippen molar-refractivity contribution in [1.82, 2.24) is 19.5 Å². The summed E-state index contributed by atoms with van der Waals surface area (Å²) in [6.07, 6.45) is -7.45. The van der Waals surface area contributed by atoms with Crippen molar-refractivity contribution < 1.29 is 57.4 Å². The third-order valence-electron chi connectivity index (χ3n) is 5.69. The number of carbonyl (C=O) groups is 4. The molecule has 17 heteroatoms. The molecule has 0 bridgehead atoms. The highest BCUT2D eigenvalue weighted by molar-refractivity contribution is 6.12. The fraction of sp³-hybridized carbons (Fsp3) is 0.700. The largest absolute Gasteiger partial charge is 0.509 e. The average Bonchev–Trinajstić information content (AvgIpc) is 3.41. The van der Waals surface area contributed by atoms with Crippen molar-refractivity contribution in [3.63, 3.8) is 0 Å². The molecule has 17 nitrogen and oxygen atoms in total. The lowest BCUT2D eigenvalue weighted by Crippen LogP contribution is -2.44. The van der Waals surface area contributed by atoms with Crippen molar-refractivity contribution in [2.45, 2.75) is 130 Å². The molecule has 0 spiro atoms. The minimum Gasteiger partial charge on any atom is -0.443 e. The van der Waals surface area contributed by atoms with Crippen LogP contribution in [0.25, 0.3) is 11.2 Å². The molecule has 1 aliphatic rings. The van der Waals surface area contributed by atoms with Crippen molar-refractivity contribution in [1.29, 1.82) is 0 Å². The minimum absolute atomic E-state index is 0.00418. The Balaban J connectivity index is 2.13. The number of amides is 2. The smallest absolute Gasteiger partial charge is 0.443 e. The Kier molecular flexibility index (Phi) is 10.7. The predicted molar refractivity (Wildman–Crippen MR) is 163 cm³/mol. The lowest BCUT2D eigenvalue weighted by molar-refractivity contribution is -0.0869. The van der Waals surface area contributed by atoms with Crippen LogP contribution < -0.4 is 4.90 Å². The van der Waals surface area contributed by atoms with Crippen molar-refractivity contribution in [2.75, 3.05) is 11.5 Å². The fourth-order valence-corrected chi connectivity index (χ4v) is 4.17. The number of fused-ring (bicyclic) bond motifs is 1. The molecule has 1 aliphatic heterocycles. The Hall–Kier alpha value is -4.25. The number of aliphatic hydroxyl groups excluding tert-OH is 1. The second kappa shape index (κ2) is 13.5. The number of aliphatic hydroxyl groups is 1. The summed E-state index contributed by atoms with van der Waals surface area (Å²) in [6, 6.07) is 0. The Morgan fingerprint density at radius 3 is 1.66 bits per heavy atom. The Labute approximate surface area is 272 Å². The van der Waals surface area contributed by atoms with Crippen molar-refractivity contribution in [3.05, 3.63) is 12.7 Å². The first-order valence-electron chi connectivity index (χ1n) is 14.9. The van der Waals surface area contributed by atoms with Gasteiger partial charge in [0.2, 0.25) is 0 Å². The van der Waals surface area contributed by atoms with Gasteiger partial charge in [0.25, 0.3) is 0 Å². The van der Waals surface area contributed by atoms with Crippen LogP contribution in [0.15, 0.2) is 12.7 Å². The van der Waals surface area contributed by atoms with Crippen molar-refractivity contribution in [2.24, 2.45) is 0 Å². The number of rotatable bonds is 5. The van der Waals surface area contributed by atoms with Gasteiger partial charge in [-0.1, -0.05) is 0 Å². The number of anilines is 1. The number of nitrogens with zero attached hydrogens (tertiary/aromatic N) is 5. The molecule has 1 saturated heterocycles. The maximum absolute atomic E-state index is 13.3. The van der Waals surface area contributed by atoms with Crippen molar-refractivity contribution >= 4 is 41.5 Å². The molecule has 2 aromatic rings. The van der Waals surface area contributed by atoms with E-state index in [4.69, 9.17) is 33.2 Å². The van der Waals surface area contributed by atoms with Gasteiger partial charge in [0, 0.05) is 0 Å². The summed E-state index contributed by atoms with van der Waals surface area (Å²) in [7, 11) is 0. The summed E-state index contributed by atoms with van der Waals surface area (Å²) in [5, 5.41) is 10.2. The normalized spacial score (nSPS) is 20.4. The van der Waals surface area contributed by atoms with E-state index in [2.05, 4.69) is 15.0 Å². The summed E-state index contributed by atoms with van der Waals surface area (Å²) in [5.74, 6) is -0.278. The Bertz CT molecular complexity index is 1440. The van der Waals surface area contributed by atoms with E-state index < -0.39 is 78.0 Å². The summed E-state index contributed by atoms with van der Waals surface area (Å²) in [4.78, 5) is 65.6. The van der Waals surface area contributed by atoms with E-state index in [9.17, 15) is 24.3 Å². The van der Waals surface area contributed by atoms with Crippen LogP contribution in [0.2, 0.25) is 0 Å². The van der Waals surface area contributed by atoms with E-state index in [-0.39, 0.29) is 17.0 Å². The zero-order chi connectivity index (χ0) is 35.7. The highest BCUT2D eigenvalue weighted by Crippen LogP contribution is 2.37. The lowest BCUT2D eigenvalue weighted by atomic mass is 10.1. The van der Waals surface area contributed by atoms with Crippen LogP contribution in [0.1, 0.15) is 89.3 Å². The fourth-order valence-electron chi connectivity index (χ4n) is 4.17. The quantitative estimate of drug-likeness (QED) is 0.328. The van der Waals surface area contributed by atoms with E-state index in [0.29, 0.717) is 4.90 Å². The standard InChI is InChI=1S/C30H45N5O12/c1-27(2,3)44-23(37)35(24(38)45-28(4,5)6)21-17-20(31-14-32-21)34(15-33-17)22-19(43-26(40)47-30(10,11)12)18(16(13-36)41-22)42-25(39)46-29(7,8)9/h14-16,18-19,22,36H,13H2,1-12H3. The molecule has 0 aliphatic carbocycles. The molecule has 0 radical (unpaired) electrons. The Morgan fingerprint density at radius 2 is 1.21 bits per heavy atom. The topological polar surface area (TPSA) is 200 Å². The van der Waals surface area contributed by atoms with E-state index in [1.807, 2.05) is 0 Å². The molecule has 3 heterocycles. The zero-order valence-corrected chi connectivity index (χ0v) is 28.8. The second-order valence-electron chi connectivity index (χ2n) is 14.7. The first kappa shape index (κ1) is 37.2. The highest BCUT2D eigenvalue weighted by atomic mass is 16.8. The van der Waals surface area contributed by atoms with E-state index in [1.54, 1.807) is 83.1 Å². The summed E-state index contributed by atoms with van der Waals surface area (Å²) in [5.41, 5.74) is -3.91. The molecule has 262 valence electrons. The number of ether oxygens (including phenoxy) is 7. The average molecular weight is 668 g/mol. The number of imidazole rings is 1. The maximum Gasteiger partial charge on any atom is 0.509 e. The maximum atomic E-state index is 13.3. The molecule has 0 aromatic carbocycles. The van der Waals surface area contributed by atoms with E-state index in [0.717, 1.165) is 6.33 Å². The van der Waals surface area contributed by atoms with E-state index in [1.165, 1.54) is 10.9 Å². The van der Waals surface area contributed by atoms with Gasteiger partial charge in [-0.15, -0.1) is 0 Å². The molecule has 1 fully saturated rings. The third-order valence-corrected chi connectivity index (χ3v) is 5.69. The van der Waals surface area contributed by atoms with Gasteiger partial charge in [-0.2, -0.15) is 4.90 Å². The molecule has 2 aromatic heterocycles. The van der Waals surface area contributed by atoms with Gasteiger partial charge in [0.05, 0.1) is 12.9 Å². The molecule has 1 N–H and O–H groups in total. The molecule has 0 saturated carbocycles. The number of imide groups is 1. The number of hydrogen-bond acceptors (Lipinski definition) is 15. The summed E-state index contributed by atoms with van der Waals surface area (Å²) in [6.45, 7) is 18.9. The van der Waals surface area contributed by atoms with Crippen LogP contribution in [0, 0.1) is 0 Å². The predicted octanol–water partition coefficient (Wildman–Crippen LogP) is 5.03. The first-order chi connectivity index (χ1) is 21.4. The molecule has 47 heavy (non-hydrogen) atoms. The number of carbonyl (C=O) groups excluding carboxylic acids is 4. The van der Waals surface area contributed by atoms with Gasteiger partial charge in [0.15, 0.2) is 35.4 Å². The third kappa shape index (κ3) is 10.1. The van der Waals surface area contributed by atoms with Crippen LogP contribution in [-0.2, 0) is 33.2 Å². The highest BCUT2D eigenvalue weighted by Gasteiger charge is 2.52. The van der Waals surface area contributed by atoms with Gasteiger partial charge in [-0.3, -0.25) is 4.57 Å². The van der Waals surface area contributed by atoms with Crippen molar-refractivity contribution in [3.8, 4) is 0 Å². The first-order valence-corrected chi connectivity index (χ1v) is 14.9. The van der Waals surface area contributed by atoms with Gasteiger partial charge in [0.1, 0.15) is 34.8 Å². The number of aromatic nitrogens is 4. The van der Waals surface area contributed by atoms with Crippen LogP contribution in [-0.4, -0.2) is 96.4 Å². The molecule has 2 amide bonds. The molecular weight excluding hydrogens is 622 g/mol. The van der Waals surface area contributed by atoms with Crippen LogP contribution >= 0.6 is 0 Å². The van der Waals surface area contributed by atoms with Crippen LogP contribution in [0.3, 0.4) is 0 Å². The van der Waals surface area contributed by atoms with Gasteiger partial charge >= 0.3 is 24.5 Å². The second-order valence-corrected chi connectivity index (χ2v) is 14.7. The van der Waals surface area contributed by atoms with Crippen LogP contribution in [0.4, 0.5) is 25.0 Å². The van der Waals surface area contributed by atoms with E-state index >= 15 is 0 Å². The summed E-state index contributed by atoms with van der Waals surface area (Å²) >= 11 is 0. The SMILES string of the molecule is CC(C)(C)OC(=O)OC1C(CO)OC(n2cnc3c(N(C(=O)OC(C)(C)C)C(=O)OC(C)(C)C)ncnc32)C1OC(=O)OC(C)(C)C. The zero-order valence-electron chi connectivity index (χ0n) is 28.8. The molecule has 4 unspecified atom stereocenters. The van der Waals surface area contributed by atoms with Gasteiger partial charge in [-0.05, 0) is 83.1 Å². The van der Waals surface area contributed by atoms with Crippen LogP contribution in [0.5, 0.6) is 0 Å². The van der Waals surface area contributed by atoms with Gasteiger partial charge < -0.3 is 38.3 Å². The Morgan fingerprint density at radius 1 is 0.745 bits per heavy atom. The molecular formula is C30H45N5O12. The lowest BCUT2D eigenvalue weighted by Gasteiger charge is -2.28. The monoisotopic (exact) mass is 667 g/mol. The number of hydrogen-bond donors (Lipinski definition) is 1. The molecule has 3 rings (SSSR count). The minimum atomic E-state index is -1.43.